The minimum atomic E-state index is -1.14. The number of methoxy groups -OCH3 is 1. The molecule has 0 bridgehead atoms. The number of hydrogen-bond donors (Lipinski definition) is 2. The fraction of sp³-hybridized carbons (Fsp3) is 0.350. The van der Waals surface area contributed by atoms with Crippen LogP contribution >= 0.6 is 0 Å². The number of aryl methyl sites for hydroxylation is 1. The molecule has 1 aromatic rings. The zero-order valence-corrected chi connectivity index (χ0v) is 15.4. The number of ether oxygens (including phenoxy) is 1. The minimum Gasteiger partial charge on any atom is -0.501 e. The predicted molar refractivity (Wildman–Crippen MR) is 101 cm³/mol. The van der Waals surface area contributed by atoms with Gasteiger partial charge in [0.25, 0.3) is 5.91 Å². The van der Waals surface area contributed by atoms with E-state index in [1.54, 1.807) is 18.2 Å². The summed E-state index contributed by atoms with van der Waals surface area (Å²) in [7, 11) is 1.51. The van der Waals surface area contributed by atoms with Gasteiger partial charge in [0.15, 0.2) is 0 Å². The fourth-order valence-electron chi connectivity index (χ4n) is 2.74. The summed E-state index contributed by atoms with van der Waals surface area (Å²) in [6.45, 7) is 3.76. The average molecular weight is 372 g/mol. The molecule has 0 saturated carbocycles. The van der Waals surface area contributed by atoms with Crippen LogP contribution in [0.25, 0.3) is 0 Å². The molecule has 144 valence electrons. The number of carbonyl (C=O) groups excluding carboxylic acids is 1. The van der Waals surface area contributed by atoms with Crippen LogP contribution in [-0.4, -0.2) is 59.5 Å². The molecule has 7 nitrogen and oxygen atoms in total. The summed E-state index contributed by atoms with van der Waals surface area (Å²) in [5.41, 5.74) is 2.08. The Balaban J connectivity index is 2.37. The van der Waals surface area contributed by atoms with Gasteiger partial charge in [-0.2, -0.15) is 0 Å². The van der Waals surface area contributed by atoms with E-state index in [0.717, 1.165) is 16.9 Å². The topological polar surface area (TPSA) is 99.4 Å². The van der Waals surface area contributed by atoms with Crippen molar-refractivity contribution >= 4 is 17.6 Å². The summed E-state index contributed by atoms with van der Waals surface area (Å²) in [5, 5.41) is 18.1. The second-order valence-corrected chi connectivity index (χ2v) is 6.10. The van der Waals surface area contributed by atoms with E-state index in [1.165, 1.54) is 7.11 Å². The SMILES string of the molecule is C=C1/C=C(/OC)CCN=C(c2ccc(CCCO)cc2)C(=O)N1CC(=O)O. The van der Waals surface area contributed by atoms with Crippen molar-refractivity contribution in [3.63, 3.8) is 0 Å². The lowest BCUT2D eigenvalue weighted by Gasteiger charge is -2.22. The molecule has 0 aromatic heterocycles. The highest BCUT2D eigenvalue weighted by Crippen LogP contribution is 2.17. The number of aliphatic hydroxyl groups is 1. The number of hydrogen-bond acceptors (Lipinski definition) is 5. The largest absolute Gasteiger partial charge is 0.501 e. The van der Waals surface area contributed by atoms with Crippen LogP contribution < -0.4 is 0 Å². The number of nitrogens with zero attached hydrogens (tertiary/aromatic N) is 2. The highest BCUT2D eigenvalue weighted by atomic mass is 16.5. The third-order valence-corrected chi connectivity index (χ3v) is 4.16. The molecule has 1 heterocycles. The molecule has 0 radical (unpaired) electrons. The second-order valence-electron chi connectivity index (χ2n) is 6.10. The first-order chi connectivity index (χ1) is 13.0. The fourth-order valence-corrected chi connectivity index (χ4v) is 2.74. The standard InChI is InChI=1S/C20H24N2O5/c1-14-12-17(27-2)9-10-21-19(20(26)22(14)13-18(24)25)16-7-5-15(6-8-16)4-3-11-23/h5-8,12,23H,1,3-4,9-11,13H2,2H3,(H,24,25)/b17-12+,21-19?. The predicted octanol–water partition coefficient (Wildman–Crippen LogP) is 1.76. The minimum absolute atomic E-state index is 0.119. The molecular weight excluding hydrogens is 348 g/mol. The van der Waals surface area contributed by atoms with Crippen molar-refractivity contribution in [2.24, 2.45) is 4.99 Å². The van der Waals surface area contributed by atoms with Crippen LogP contribution in [0.5, 0.6) is 0 Å². The van der Waals surface area contributed by atoms with E-state index in [-0.39, 0.29) is 18.0 Å². The third kappa shape index (κ3) is 5.52. The number of carboxylic acid groups (broad SMARTS) is 1. The van der Waals surface area contributed by atoms with E-state index in [0.29, 0.717) is 30.7 Å². The van der Waals surface area contributed by atoms with Crippen LogP contribution in [0.15, 0.2) is 53.4 Å². The molecule has 1 aliphatic heterocycles. The van der Waals surface area contributed by atoms with Crippen molar-refractivity contribution in [1.82, 2.24) is 4.90 Å². The van der Waals surface area contributed by atoms with Gasteiger partial charge < -0.3 is 14.9 Å². The highest BCUT2D eigenvalue weighted by molar-refractivity contribution is 6.45. The summed E-state index contributed by atoms with van der Waals surface area (Å²) >= 11 is 0. The van der Waals surface area contributed by atoms with Crippen LogP contribution in [0, 0.1) is 0 Å². The lowest BCUT2D eigenvalue weighted by atomic mass is 10.0. The summed E-state index contributed by atoms with van der Waals surface area (Å²) in [4.78, 5) is 29.7. The number of aliphatic hydroxyl groups excluding tert-OH is 1. The van der Waals surface area contributed by atoms with Gasteiger partial charge in [0.1, 0.15) is 12.3 Å². The van der Waals surface area contributed by atoms with Crippen molar-refractivity contribution < 1.29 is 24.5 Å². The zero-order valence-electron chi connectivity index (χ0n) is 15.4. The molecule has 2 N–H and O–H groups in total. The molecule has 1 aliphatic rings. The smallest absolute Gasteiger partial charge is 0.323 e. The van der Waals surface area contributed by atoms with Gasteiger partial charge in [-0.25, -0.2) is 0 Å². The van der Waals surface area contributed by atoms with Crippen molar-refractivity contribution in [2.45, 2.75) is 19.3 Å². The number of benzene rings is 1. The van der Waals surface area contributed by atoms with Gasteiger partial charge in [-0.1, -0.05) is 30.8 Å². The second kappa shape index (κ2) is 9.68. The molecule has 0 fully saturated rings. The number of amides is 1. The third-order valence-electron chi connectivity index (χ3n) is 4.16. The van der Waals surface area contributed by atoms with Crippen molar-refractivity contribution in [2.75, 3.05) is 26.8 Å². The van der Waals surface area contributed by atoms with Crippen LogP contribution in [0.1, 0.15) is 24.0 Å². The van der Waals surface area contributed by atoms with Crippen LogP contribution in [0.3, 0.4) is 0 Å². The van der Waals surface area contributed by atoms with Gasteiger partial charge in [-0.15, -0.1) is 0 Å². The molecule has 0 atom stereocenters. The van der Waals surface area contributed by atoms with E-state index in [2.05, 4.69) is 11.6 Å². The maximum absolute atomic E-state index is 13.0. The van der Waals surface area contributed by atoms with E-state index < -0.39 is 18.4 Å². The molecule has 0 unspecified atom stereocenters. The van der Waals surface area contributed by atoms with Crippen LogP contribution in [-0.2, 0) is 20.7 Å². The Kier molecular flexibility index (Phi) is 7.31. The number of allylic oxidation sites excluding steroid dienone is 1. The summed E-state index contributed by atoms with van der Waals surface area (Å²) < 4.78 is 5.26. The summed E-state index contributed by atoms with van der Waals surface area (Å²) in [5.74, 6) is -1.08. The maximum Gasteiger partial charge on any atom is 0.323 e. The Labute approximate surface area is 158 Å². The number of aliphatic carboxylic acids is 1. The number of carboxylic acids is 1. The Morgan fingerprint density at radius 2 is 2.04 bits per heavy atom. The first kappa shape index (κ1) is 20.4. The van der Waals surface area contributed by atoms with Crippen molar-refractivity contribution in [3.8, 4) is 0 Å². The summed E-state index contributed by atoms with van der Waals surface area (Å²) in [6.07, 6.45) is 3.44. The van der Waals surface area contributed by atoms with Crippen molar-refractivity contribution in [3.05, 3.63) is 59.5 Å². The maximum atomic E-state index is 13.0. The number of aliphatic imine (C=N–C) groups is 1. The van der Waals surface area contributed by atoms with Gasteiger partial charge in [0, 0.05) is 30.8 Å². The van der Waals surface area contributed by atoms with Gasteiger partial charge in [0.05, 0.1) is 12.9 Å². The Morgan fingerprint density at radius 1 is 1.33 bits per heavy atom. The monoisotopic (exact) mass is 372 g/mol. The zero-order chi connectivity index (χ0) is 19.8. The molecule has 7 heteroatoms. The molecule has 0 aliphatic carbocycles. The van der Waals surface area contributed by atoms with Crippen LogP contribution in [0.4, 0.5) is 0 Å². The number of rotatable bonds is 7. The first-order valence-electron chi connectivity index (χ1n) is 8.68. The first-order valence-corrected chi connectivity index (χ1v) is 8.68. The Morgan fingerprint density at radius 3 is 2.63 bits per heavy atom. The van der Waals surface area contributed by atoms with E-state index in [1.807, 2.05) is 12.1 Å². The lowest BCUT2D eigenvalue weighted by molar-refractivity contribution is -0.141. The molecular formula is C20H24N2O5. The normalized spacial score (nSPS) is 17.3. The lowest BCUT2D eigenvalue weighted by Crippen LogP contribution is -2.39. The number of carbonyl (C=O) groups is 2. The molecule has 0 spiro atoms. The quantitative estimate of drug-likeness (QED) is 0.760. The summed E-state index contributed by atoms with van der Waals surface area (Å²) in [6, 6.07) is 7.33. The molecule has 1 amide bonds. The van der Waals surface area contributed by atoms with E-state index in [9.17, 15) is 14.7 Å². The van der Waals surface area contributed by atoms with Gasteiger partial charge in [-0.05, 0) is 24.5 Å². The molecule has 0 saturated heterocycles. The molecule has 27 heavy (non-hydrogen) atoms. The Hall–Kier alpha value is -2.93. The highest BCUT2D eigenvalue weighted by Gasteiger charge is 2.26. The molecule has 1 aromatic carbocycles. The Bertz CT molecular complexity index is 765. The van der Waals surface area contributed by atoms with Gasteiger partial charge in [-0.3, -0.25) is 19.5 Å². The average Bonchev–Trinajstić information content (AvgIpc) is 2.71. The van der Waals surface area contributed by atoms with Crippen molar-refractivity contribution in [1.29, 1.82) is 0 Å². The molecule has 2 rings (SSSR count). The van der Waals surface area contributed by atoms with E-state index in [4.69, 9.17) is 9.84 Å². The van der Waals surface area contributed by atoms with Gasteiger partial charge >= 0.3 is 5.97 Å². The van der Waals surface area contributed by atoms with Crippen LogP contribution in [0.2, 0.25) is 0 Å². The van der Waals surface area contributed by atoms with Gasteiger partial charge in [0.2, 0.25) is 0 Å². The van der Waals surface area contributed by atoms with E-state index >= 15 is 0 Å².